The molecule has 1 rings (SSSR count). The third-order valence-electron chi connectivity index (χ3n) is 4.10. The van der Waals surface area contributed by atoms with Crippen LogP contribution in [0.2, 0.25) is 0 Å². The maximum absolute atomic E-state index is 9.99. The molecule has 0 saturated heterocycles. The topological polar surface area (TPSA) is 29.5 Å². The van der Waals surface area contributed by atoms with Crippen LogP contribution in [0, 0.1) is 17.8 Å². The highest BCUT2D eigenvalue weighted by atomic mass is 16.5. The molecule has 16 heavy (non-hydrogen) atoms. The first kappa shape index (κ1) is 14.0. The van der Waals surface area contributed by atoms with Gasteiger partial charge in [0, 0.05) is 13.7 Å². The van der Waals surface area contributed by atoms with Gasteiger partial charge in [-0.2, -0.15) is 0 Å². The van der Waals surface area contributed by atoms with E-state index in [1.807, 2.05) is 0 Å². The number of methoxy groups -OCH3 is 1. The number of hydrogen-bond acceptors (Lipinski definition) is 2. The predicted molar refractivity (Wildman–Crippen MR) is 67.4 cm³/mol. The molecule has 96 valence electrons. The van der Waals surface area contributed by atoms with Crippen LogP contribution in [-0.2, 0) is 4.74 Å². The van der Waals surface area contributed by atoms with E-state index in [1.54, 1.807) is 7.11 Å². The zero-order valence-electron chi connectivity index (χ0n) is 11.1. The van der Waals surface area contributed by atoms with Gasteiger partial charge in [0.25, 0.3) is 0 Å². The van der Waals surface area contributed by atoms with Crippen LogP contribution in [0.1, 0.15) is 52.4 Å². The SMILES string of the molecule is COCCCCC1CC(C(C)C)CCC1O. The summed E-state index contributed by atoms with van der Waals surface area (Å²) in [7, 11) is 1.75. The maximum Gasteiger partial charge on any atom is 0.0568 e. The van der Waals surface area contributed by atoms with E-state index in [2.05, 4.69) is 13.8 Å². The first-order chi connectivity index (χ1) is 7.65. The number of hydrogen-bond donors (Lipinski definition) is 1. The van der Waals surface area contributed by atoms with Crippen LogP contribution in [0.25, 0.3) is 0 Å². The van der Waals surface area contributed by atoms with Crippen LogP contribution in [-0.4, -0.2) is 24.9 Å². The van der Waals surface area contributed by atoms with E-state index in [0.717, 1.165) is 31.3 Å². The molecule has 0 aromatic rings. The lowest BCUT2D eigenvalue weighted by Crippen LogP contribution is -2.31. The average Bonchev–Trinajstić information content (AvgIpc) is 2.26. The number of aliphatic hydroxyl groups is 1. The Morgan fingerprint density at radius 3 is 2.62 bits per heavy atom. The number of rotatable bonds is 6. The van der Waals surface area contributed by atoms with Gasteiger partial charge in [-0.1, -0.05) is 20.3 Å². The minimum atomic E-state index is -0.0439. The summed E-state index contributed by atoms with van der Waals surface area (Å²) in [6.07, 6.45) is 6.91. The molecule has 0 bridgehead atoms. The monoisotopic (exact) mass is 228 g/mol. The van der Waals surface area contributed by atoms with Gasteiger partial charge in [0.15, 0.2) is 0 Å². The Morgan fingerprint density at radius 2 is 2.00 bits per heavy atom. The van der Waals surface area contributed by atoms with Crippen molar-refractivity contribution < 1.29 is 9.84 Å². The Balaban J connectivity index is 2.26. The zero-order valence-corrected chi connectivity index (χ0v) is 11.1. The molecule has 0 heterocycles. The highest BCUT2D eigenvalue weighted by Gasteiger charge is 2.29. The summed E-state index contributed by atoms with van der Waals surface area (Å²) in [6.45, 7) is 5.48. The Morgan fingerprint density at radius 1 is 1.25 bits per heavy atom. The molecule has 3 atom stereocenters. The maximum atomic E-state index is 9.99. The molecule has 0 aliphatic heterocycles. The fourth-order valence-corrected chi connectivity index (χ4v) is 2.85. The van der Waals surface area contributed by atoms with Gasteiger partial charge in [-0.25, -0.2) is 0 Å². The van der Waals surface area contributed by atoms with E-state index in [4.69, 9.17) is 4.74 Å². The van der Waals surface area contributed by atoms with Crippen molar-refractivity contribution in [1.29, 1.82) is 0 Å². The lowest BCUT2D eigenvalue weighted by Gasteiger charge is -2.35. The minimum absolute atomic E-state index is 0.0439. The summed E-state index contributed by atoms with van der Waals surface area (Å²) >= 11 is 0. The molecule has 1 saturated carbocycles. The van der Waals surface area contributed by atoms with Gasteiger partial charge in [-0.3, -0.25) is 0 Å². The van der Waals surface area contributed by atoms with Gasteiger partial charge in [-0.05, 0) is 49.9 Å². The van der Waals surface area contributed by atoms with Crippen molar-refractivity contribution in [3.8, 4) is 0 Å². The Kier molecular flexibility index (Phi) is 6.37. The molecule has 3 unspecified atom stereocenters. The molecule has 0 amide bonds. The van der Waals surface area contributed by atoms with Gasteiger partial charge in [0.05, 0.1) is 6.10 Å². The van der Waals surface area contributed by atoms with Gasteiger partial charge in [0.1, 0.15) is 0 Å². The van der Waals surface area contributed by atoms with E-state index >= 15 is 0 Å². The Hall–Kier alpha value is -0.0800. The largest absolute Gasteiger partial charge is 0.393 e. The van der Waals surface area contributed by atoms with Crippen LogP contribution in [0.15, 0.2) is 0 Å². The lowest BCUT2D eigenvalue weighted by atomic mass is 9.73. The molecular weight excluding hydrogens is 200 g/mol. The van der Waals surface area contributed by atoms with Crippen molar-refractivity contribution in [2.24, 2.45) is 17.8 Å². The first-order valence-corrected chi connectivity index (χ1v) is 6.82. The molecule has 0 aromatic carbocycles. The molecule has 0 aromatic heterocycles. The summed E-state index contributed by atoms with van der Waals surface area (Å²) < 4.78 is 5.05. The van der Waals surface area contributed by atoms with E-state index in [9.17, 15) is 5.11 Å². The number of ether oxygens (including phenoxy) is 1. The van der Waals surface area contributed by atoms with E-state index in [1.165, 1.54) is 25.7 Å². The fraction of sp³-hybridized carbons (Fsp3) is 1.00. The molecule has 1 aliphatic carbocycles. The van der Waals surface area contributed by atoms with E-state index in [-0.39, 0.29) is 6.10 Å². The highest BCUT2D eigenvalue weighted by molar-refractivity contribution is 4.81. The van der Waals surface area contributed by atoms with Crippen LogP contribution in [0.4, 0.5) is 0 Å². The molecule has 0 spiro atoms. The molecule has 2 nitrogen and oxygen atoms in total. The summed E-state index contributed by atoms with van der Waals surface area (Å²) in [4.78, 5) is 0. The first-order valence-electron chi connectivity index (χ1n) is 6.82. The molecule has 1 N–H and O–H groups in total. The number of aliphatic hydroxyl groups excluding tert-OH is 1. The van der Waals surface area contributed by atoms with E-state index in [0.29, 0.717) is 5.92 Å². The minimum Gasteiger partial charge on any atom is -0.393 e. The normalized spacial score (nSPS) is 30.9. The predicted octanol–water partition coefficient (Wildman–Crippen LogP) is 3.24. The average molecular weight is 228 g/mol. The van der Waals surface area contributed by atoms with Gasteiger partial charge in [-0.15, -0.1) is 0 Å². The molecule has 0 radical (unpaired) electrons. The van der Waals surface area contributed by atoms with Gasteiger partial charge < -0.3 is 9.84 Å². The van der Waals surface area contributed by atoms with Crippen LogP contribution < -0.4 is 0 Å². The van der Waals surface area contributed by atoms with Crippen molar-refractivity contribution in [2.45, 2.75) is 58.5 Å². The molecule has 1 fully saturated rings. The summed E-state index contributed by atoms with van der Waals surface area (Å²) in [5.74, 6) is 2.14. The van der Waals surface area contributed by atoms with Crippen molar-refractivity contribution >= 4 is 0 Å². The molecular formula is C14H28O2. The third kappa shape index (κ3) is 4.42. The van der Waals surface area contributed by atoms with Gasteiger partial charge in [0.2, 0.25) is 0 Å². The molecule has 1 aliphatic rings. The summed E-state index contributed by atoms with van der Waals surface area (Å²) in [5.41, 5.74) is 0. The van der Waals surface area contributed by atoms with Crippen molar-refractivity contribution in [3.05, 3.63) is 0 Å². The van der Waals surface area contributed by atoms with Crippen molar-refractivity contribution in [3.63, 3.8) is 0 Å². The Labute approximate surface area is 100 Å². The summed E-state index contributed by atoms with van der Waals surface area (Å²) in [5, 5.41) is 9.99. The van der Waals surface area contributed by atoms with Crippen molar-refractivity contribution in [1.82, 2.24) is 0 Å². The fourth-order valence-electron chi connectivity index (χ4n) is 2.85. The molecule has 2 heteroatoms. The van der Waals surface area contributed by atoms with Crippen molar-refractivity contribution in [2.75, 3.05) is 13.7 Å². The highest BCUT2D eigenvalue weighted by Crippen LogP contribution is 2.36. The van der Waals surface area contributed by atoms with Crippen LogP contribution >= 0.6 is 0 Å². The second-order valence-corrected chi connectivity index (χ2v) is 5.63. The van der Waals surface area contributed by atoms with E-state index < -0.39 is 0 Å². The Bertz CT molecular complexity index is 180. The second-order valence-electron chi connectivity index (χ2n) is 5.63. The quantitative estimate of drug-likeness (QED) is 0.707. The standard InChI is InChI=1S/C14H28O2/c1-11(2)12-7-8-14(15)13(10-12)6-4-5-9-16-3/h11-15H,4-10H2,1-3H3. The van der Waals surface area contributed by atoms with Crippen LogP contribution in [0.3, 0.4) is 0 Å². The summed E-state index contributed by atoms with van der Waals surface area (Å²) in [6, 6.07) is 0. The number of unbranched alkanes of at least 4 members (excludes halogenated alkanes) is 1. The second kappa shape index (κ2) is 7.29. The lowest BCUT2D eigenvalue weighted by molar-refractivity contribution is 0.0315. The smallest absolute Gasteiger partial charge is 0.0568 e. The van der Waals surface area contributed by atoms with Crippen LogP contribution in [0.5, 0.6) is 0 Å². The van der Waals surface area contributed by atoms with Gasteiger partial charge >= 0.3 is 0 Å². The third-order valence-corrected chi connectivity index (χ3v) is 4.10. The zero-order chi connectivity index (χ0) is 12.0.